The van der Waals surface area contributed by atoms with Gasteiger partial charge in [0.25, 0.3) is 0 Å². The lowest BCUT2D eigenvalue weighted by molar-refractivity contribution is -0.145. The van der Waals surface area contributed by atoms with Crippen molar-refractivity contribution in [3.05, 3.63) is 11.8 Å². The molecule has 0 aromatic heterocycles. The number of amides is 1. The lowest BCUT2D eigenvalue weighted by Gasteiger charge is -2.26. The van der Waals surface area contributed by atoms with E-state index in [1.807, 2.05) is 23.6 Å². The van der Waals surface area contributed by atoms with E-state index in [0.717, 1.165) is 37.9 Å². The number of nitrogens with zero attached hydrogens (tertiary/aromatic N) is 2. The van der Waals surface area contributed by atoms with Crippen molar-refractivity contribution < 1.29 is 14.3 Å². The Morgan fingerprint density at radius 2 is 2.00 bits per heavy atom. The molecule has 0 atom stereocenters. The van der Waals surface area contributed by atoms with E-state index in [0.29, 0.717) is 13.2 Å². The van der Waals surface area contributed by atoms with Crippen LogP contribution in [0.25, 0.3) is 0 Å². The van der Waals surface area contributed by atoms with E-state index in [4.69, 9.17) is 4.74 Å². The number of ether oxygens (including phenoxy) is 1. The van der Waals surface area contributed by atoms with Crippen LogP contribution in [-0.2, 0) is 14.3 Å². The molecule has 5 nitrogen and oxygen atoms in total. The van der Waals surface area contributed by atoms with Crippen molar-refractivity contribution in [1.82, 2.24) is 9.80 Å². The zero-order valence-electron chi connectivity index (χ0n) is 13.6. The maximum absolute atomic E-state index is 12.5. The Bertz CT molecular complexity index is 380. The summed E-state index contributed by atoms with van der Waals surface area (Å²) in [6, 6.07) is 0. The number of rotatable bonds is 9. The fraction of sp³-hybridized carbons (Fsp3) is 0.750. The number of likely N-dealkylation sites (N-methyl/N-ethyl adjacent to an activating group) is 1. The van der Waals surface area contributed by atoms with Gasteiger partial charge in [-0.25, -0.2) is 0 Å². The third-order valence-corrected chi connectivity index (χ3v) is 3.54. The Kier molecular flexibility index (Phi) is 8.05. The molecular formula is C16H28N2O3. The van der Waals surface area contributed by atoms with Crippen LogP contribution in [0.2, 0.25) is 0 Å². The van der Waals surface area contributed by atoms with Crippen LogP contribution in [-0.4, -0.2) is 54.5 Å². The summed E-state index contributed by atoms with van der Waals surface area (Å²) in [7, 11) is 0. The molecule has 0 aromatic carbocycles. The lowest BCUT2D eigenvalue weighted by atomic mass is 10.3. The molecule has 0 heterocycles. The van der Waals surface area contributed by atoms with Crippen LogP contribution in [0.1, 0.15) is 46.5 Å². The second kappa shape index (κ2) is 9.55. The van der Waals surface area contributed by atoms with E-state index in [-0.39, 0.29) is 25.0 Å². The first-order chi connectivity index (χ1) is 10.1. The molecule has 1 aliphatic rings. The minimum atomic E-state index is -0.262. The molecule has 0 N–H and O–H groups in total. The summed E-state index contributed by atoms with van der Waals surface area (Å²) in [4.78, 5) is 27.8. The second-order valence-corrected chi connectivity index (χ2v) is 5.24. The van der Waals surface area contributed by atoms with Gasteiger partial charge in [0, 0.05) is 12.2 Å². The predicted molar refractivity (Wildman–Crippen MR) is 82.7 cm³/mol. The third kappa shape index (κ3) is 5.87. The number of esters is 1. The molecule has 0 saturated carbocycles. The maximum Gasteiger partial charge on any atom is 0.320 e. The molecule has 0 aliphatic heterocycles. The van der Waals surface area contributed by atoms with Gasteiger partial charge in [-0.15, -0.1) is 0 Å². The summed E-state index contributed by atoms with van der Waals surface area (Å²) in [5.74, 6) is -0.190. The van der Waals surface area contributed by atoms with Gasteiger partial charge in [0.1, 0.15) is 0 Å². The molecule has 0 aromatic rings. The summed E-state index contributed by atoms with van der Waals surface area (Å²) in [6.45, 7) is 8.07. The number of hydrogen-bond acceptors (Lipinski definition) is 4. The maximum atomic E-state index is 12.5. The van der Waals surface area contributed by atoms with Gasteiger partial charge in [-0.2, -0.15) is 0 Å². The monoisotopic (exact) mass is 296 g/mol. The SMILES string of the molecule is CCCN(CC(=O)OCC)CC(=O)N(CC)C1=CCCC1. The van der Waals surface area contributed by atoms with E-state index in [2.05, 4.69) is 6.08 Å². The van der Waals surface area contributed by atoms with Gasteiger partial charge < -0.3 is 9.64 Å². The van der Waals surface area contributed by atoms with Crippen molar-refractivity contribution in [2.45, 2.75) is 46.5 Å². The summed E-state index contributed by atoms with van der Waals surface area (Å²) >= 11 is 0. The minimum Gasteiger partial charge on any atom is -0.465 e. The van der Waals surface area contributed by atoms with Gasteiger partial charge in [-0.05, 0) is 46.1 Å². The highest BCUT2D eigenvalue weighted by molar-refractivity contribution is 5.81. The van der Waals surface area contributed by atoms with Crippen LogP contribution in [0.4, 0.5) is 0 Å². The first kappa shape index (κ1) is 17.7. The van der Waals surface area contributed by atoms with E-state index in [9.17, 15) is 9.59 Å². The van der Waals surface area contributed by atoms with Crippen LogP contribution in [0.5, 0.6) is 0 Å². The minimum absolute atomic E-state index is 0.0726. The molecule has 0 radical (unpaired) electrons. The standard InChI is InChI=1S/C16H28N2O3/c1-4-11-17(13-16(20)21-6-3)12-15(19)18(5-2)14-9-7-8-10-14/h9H,4-8,10-13H2,1-3H3. The molecule has 5 heteroatoms. The van der Waals surface area contributed by atoms with Gasteiger partial charge in [0.2, 0.25) is 5.91 Å². The largest absolute Gasteiger partial charge is 0.465 e. The highest BCUT2D eigenvalue weighted by Gasteiger charge is 2.22. The van der Waals surface area contributed by atoms with Crippen LogP contribution in [0.15, 0.2) is 11.8 Å². The molecular weight excluding hydrogens is 268 g/mol. The van der Waals surface area contributed by atoms with E-state index in [1.54, 1.807) is 6.92 Å². The Balaban J connectivity index is 2.59. The summed E-state index contributed by atoms with van der Waals surface area (Å²) in [5, 5.41) is 0. The summed E-state index contributed by atoms with van der Waals surface area (Å²) < 4.78 is 4.97. The molecule has 0 saturated heterocycles. The normalized spacial score (nSPS) is 14.2. The molecule has 1 amide bonds. The van der Waals surface area contributed by atoms with Gasteiger partial charge in [-0.3, -0.25) is 14.5 Å². The van der Waals surface area contributed by atoms with Crippen LogP contribution in [0.3, 0.4) is 0 Å². The van der Waals surface area contributed by atoms with Crippen LogP contribution >= 0.6 is 0 Å². The van der Waals surface area contributed by atoms with Crippen molar-refractivity contribution >= 4 is 11.9 Å². The topological polar surface area (TPSA) is 49.9 Å². The highest BCUT2D eigenvalue weighted by atomic mass is 16.5. The van der Waals surface area contributed by atoms with Crippen LogP contribution < -0.4 is 0 Å². The average Bonchev–Trinajstić information content (AvgIpc) is 2.94. The van der Waals surface area contributed by atoms with Crippen molar-refractivity contribution in [1.29, 1.82) is 0 Å². The van der Waals surface area contributed by atoms with Crippen molar-refractivity contribution in [2.75, 3.05) is 32.8 Å². The zero-order valence-corrected chi connectivity index (χ0v) is 13.6. The molecule has 0 spiro atoms. The fourth-order valence-corrected chi connectivity index (χ4v) is 2.63. The lowest BCUT2D eigenvalue weighted by Crippen LogP contribution is -2.42. The zero-order chi connectivity index (χ0) is 15.7. The first-order valence-electron chi connectivity index (χ1n) is 7.99. The Morgan fingerprint density at radius 3 is 2.52 bits per heavy atom. The Morgan fingerprint density at radius 1 is 1.24 bits per heavy atom. The van der Waals surface area contributed by atoms with Gasteiger partial charge in [0.15, 0.2) is 0 Å². The van der Waals surface area contributed by atoms with Gasteiger partial charge in [0.05, 0.1) is 19.7 Å². The molecule has 1 rings (SSSR count). The Hall–Kier alpha value is -1.36. The van der Waals surface area contributed by atoms with E-state index < -0.39 is 0 Å². The van der Waals surface area contributed by atoms with Crippen molar-refractivity contribution in [2.24, 2.45) is 0 Å². The summed E-state index contributed by atoms with van der Waals surface area (Å²) in [5.41, 5.74) is 1.13. The van der Waals surface area contributed by atoms with Gasteiger partial charge in [-0.1, -0.05) is 13.0 Å². The number of allylic oxidation sites excluding steroid dienone is 2. The smallest absolute Gasteiger partial charge is 0.320 e. The van der Waals surface area contributed by atoms with Crippen LogP contribution in [0, 0.1) is 0 Å². The molecule has 0 fully saturated rings. The molecule has 21 heavy (non-hydrogen) atoms. The summed E-state index contributed by atoms with van der Waals surface area (Å²) in [6.07, 6.45) is 6.21. The number of carbonyl (C=O) groups excluding carboxylic acids is 2. The molecule has 0 bridgehead atoms. The molecule has 1 aliphatic carbocycles. The molecule has 120 valence electrons. The second-order valence-electron chi connectivity index (χ2n) is 5.24. The third-order valence-electron chi connectivity index (χ3n) is 3.54. The van der Waals surface area contributed by atoms with Crippen molar-refractivity contribution in [3.63, 3.8) is 0 Å². The highest BCUT2D eigenvalue weighted by Crippen LogP contribution is 2.21. The fourth-order valence-electron chi connectivity index (χ4n) is 2.63. The number of hydrogen-bond donors (Lipinski definition) is 0. The first-order valence-corrected chi connectivity index (χ1v) is 7.99. The average molecular weight is 296 g/mol. The van der Waals surface area contributed by atoms with E-state index >= 15 is 0 Å². The predicted octanol–water partition coefficient (Wildman–Crippen LogP) is 2.18. The van der Waals surface area contributed by atoms with Gasteiger partial charge >= 0.3 is 5.97 Å². The molecule has 0 unspecified atom stereocenters. The van der Waals surface area contributed by atoms with Crippen molar-refractivity contribution in [3.8, 4) is 0 Å². The quantitative estimate of drug-likeness (QED) is 0.612. The van der Waals surface area contributed by atoms with E-state index in [1.165, 1.54) is 0 Å². The number of carbonyl (C=O) groups is 2. The Labute approximate surface area is 127 Å².